The van der Waals surface area contributed by atoms with E-state index >= 15 is 0 Å². The first kappa shape index (κ1) is 15.1. The molecule has 1 aromatic carbocycles. The predicted molar refractivity (Wildman–Crippen MR) is 87.1 cm³/mol. The smallest absolute Gasteiger partial charge is 0.287 e. The van der Waals surface area contributed by atoms with Crippen molar-refractivity contribution in [1.82, 2.24) is 4.98 Å². The molecule has 0 fully saturated rings. The van der Waals surface area contributed by atoms with Gasteiger partial charge in [-0.2, -0.15) is 0 Å². The molecule has 0 aliphatic carbocycles. The second kappa shape index (κ2) is 6.53. The van der Waals surface area contributed by atoms with Crippen LogP contribution in [0, 0.1) is 15.9 Å². The Hall–Kier alpha value is -2.80. The normalized spacial score (nSPS) is 11.9. The fraction of sp³-hybridized carbons (Fsp3) is 0.0625. The van der Waals surface area contributed by atoms with Crippen molar-refractivity contribution in [3.8, 4) is 0 Å². The van der Waals surface area contributed by atoms with Gasteiger partial charge >= 0.3 is 0 Å². The Bertz CT molecular complexity index is 789. The minimum Gasteiger partial charge on any atom is -0.358 e. The summed E-state index contributed by atoms with van der Waals surface area (Å²) in [5.41, 5.74) is 0.819. The Kier molecular flexibility index (Phi) is 4.29. The fourth-order valence-electron chi connectivity index (χ4n) is 2.16. The van der Waals surface area contributed by atoms with Crippen LogP contribution in [-0.4, -0.2) is 9.91 Å². The summed E-state index contributed by atoms with van der Waals surface area (Å²) in [6.07, 6.45) is 1.21. The summed E-state index contributed by atoms with van der Waals surface area (Å²) in [4.78, 5) is 15.3. The van der Waals surface area contributed by atoms with E-state index in [4.69, 9.17) is 0 Å². The predicted octanol–water partition coefficient (Wildman–Crippen LogP) is 4.39. The van der Waals surface area contributed by atoms with E-state index in [0.29, 0.717) is 5.82 Å². The first-order valence-corrected chi connectivity index (χ1v) is 7.67. The molecule has 7 heteroatoms. The Morgan fingerprint density at radius 2 is 1.96 bits per heavy atom. The fourth-order valence-corrected chi connectivity index (χ4v) is 2.96. The molecule has 0 unspecified atom stereocenters. The number of aromatic nitrogens is 1. The summed E-state index contributed by atoms with van der Waals surface area (Å²) >= 11 is 1.57. The number of nitro groups is 1. The minimum atomic E-state index is -0.493. The minimum absolute atomic E-state index is 0.0648. The van der Waals surface area contributed by atoms with Crippen LogP contribution in [0.15, 0.2) is 60.1 Å². The molecule has 2 heterocycles. The molecule has 2 aromatic heterocycles. The van der Waals surface area contributed by atoms with Crippen LogP contribution >= 0.6 is 11.3 Å². The van der Waals surface area contributed by atoms with E-state index in [1.807, 2.05) is 17.5 Å². The summed E-state index contributed by atoms with van der Waals surface area (Å²) in [7, 11) is 0. The number of nitrogens with zero attached hydrogens (tertiary/aromatic N) is 2. The molecule has 0 aliphatic heterocycles. The first-order chi connectivity index (χ1) is 11.1. The van der Waals surface area contributed by atoms with Gasteiger partial charge in [0.15, 0.2) is 0 Å². The van der Waals surface area contributed by atoms with Crippen LogP contribution in [0.1, 0.15) is 16.5 Å². The zero-order valence-corrected chi connectivity index (χ0v) is 12.7. The Morgan fingerprint density at radius 3 is 2.52 bits per heavy atom. The maximum atomic E-state index is 13.1. The SMILES string of the molecule is O=[N+]([O-])c1ccc(N[C@@H](c2ccc(F)cc2)c2cccs2)nc1. The van der Waals surface area contributed by atoms with Gasteiger partial charge in [0.05, 0.1) is 11.0 Å². The number of benzene rings is 1. The summed E-state index contributed by atoms with van der Waals surface area (Å²) in [6.45, 7) is 0. The van der Waals surface area contributed by atoms with Crippen LogP contribution in [0.3, 0.4) is 0 Å². The lowest BCUT2D eigenvalue weighted by Crippen LogP contribution is -2.12. The third-order valence-corrected chi connectivity index (χ3v) is 4.22. The van der Waals surface area contributed by atoms with E-state index in [2.05, 4.69) is 10.3 Å². The number of rotatable bonds is 5. The first-order valence-electron chi connectivity index (χ1n) is 6.79. The highest BCUT2D eigenvalue weighted by molar-refractivity contribution is 7.10. The molecule has 1 N–H and O–H groups in total. The molecule has 3 aromatic rings. The standard InChI is InChI=1S/C16H12FN3O2S/c17-12-5-3-11(4-6-12)16(14-2-1-9-23-14)19-15-8-7-13(10-18-15)20(21)22/h1-10,16H,(H,18,19)/t16-/m0/s1. The largest absolute Gasteiger partial charge is 0.358 e. The van der Waals surface area contributed by atoms with Gasteiger partial charge in [0.25, 0.3) is 5.69 Å². The molecule has 0 bridgehead atoms. The van der Waals surface area contributed by atoms with Gasteiger partial charge < -0.3 is 5.32 Å². The van der Waals surface area contributed by atoms with Crippen molar-refractivity contribution in [1.29, 1.82) is 0 Å². The molecule has 0 aliphatic rings. The molecule has 3 rings (SSSR count). The topological polar surface area (TPSA) is 68.1 Å². The average Bonchev–Trinajstić information content (AvgIpc) is 3.08. The van der Waals surface area contributed by atoms with Gasteiger partial charge in [0.2, 0.25) is 0 Å². The molecular weight excluding hydrogens is 317 g/mol. The summed E-state index contributed by atoms with van der Waals surface area (Å²) < 4.78 is 13.1. The van der Waals surface area contributed by atoms with Crippen LogP contribution in [0.25, 0.3) is 0 Å². The molecule has 0 saturated carbocycles. The number of anilines is 1. The highest BCUT2D eigenvalue weighted by Crippen LogP contribution is 2.29. The molecule has 0 amide bonds. The lowest BCUT2D eigenvalue weighted by Gasteiger charge is -2.18. The van der Waals surface area contributed by atoms with E-state index in [1.165, 1.54) is 24.4 Å². The van der Waals surface area contributed by atoms with Crippen molar-refractivity contribution < 1.29 is 9.31 Å². The monoisotopic (exact) mass is 329 g/mol. The van der Waals surface area contributed by atoms with Crippen molar-refractivity contribution in [3.63, 3.8) is 0 Å². The van der Waals surface area contributed by atoms with Crippen molar-refractivity contribution in [3.05, 3.63) is 86.5 Å². The molecule has 5 nitrogen and oxygen atoms in total. The van der Waals surface area contributed by atoms with Crippen LogP contribution in [-0.2, 0) is 0 Å². The van der Waals surface area contributed by atoms with Gasteiger partial charge in [-0.1, -0.05) is 18.2 Å². The molecule has 0 radical (unpaired) electrons. The number of hydrogen-bond donors (Lipinski definition) is 1. The third-order valence-electron chi connectivity index (χ3n) is 3.28. The van der Waals surface area contributed by atoms with Gasteiger partial charge in [0, 0.05) is 10.9 Å². The second-order valence-corrected chi connectivity index (χ2v) is 5.78. The van der Waals surface area contributed by atoms with Gasteiger partial charge in [0.1, 0.15) is 17.8 Å². The Labute approximate surface area is 135 Å². The second-order valence-electron chi connectivity index (χ2n) is 4.80. The molecule has 116 valence electrons. The average molecular weight is 329 g/mol. The number of thiophene rings is 1. The summed E-state index contributed by atoms with van der Waals surface area (Å²) in [5, 5.41) is 15.9. The van der Waals surface area contributed by atoms with Gasteiger partial charge in [-0.05, 0) is 35.2 Å². The Balaban J connectivity index is 1.90. The van der Waals surface area contributed by atoms with E-state index < -0.39 is 4.92 Å². The molecule has 1 atom stereocenters. The van der Waals surface area contributed by atoms with Gasteiger partial charge in [-0.25, -0.2) is 9.37 Å². The highest BCUT2D eigenvalue weighted by atomic mass is 32.1. The quantitative estimate of drug-likeness (QED) is 0.557. The van der Waals surface area contributed by atoms with E-state index in [9.17, 15) is 14.5 Å². The molecule has 0 spiro atoms. The van der Waals surface area contributed by atoms with Crippen LogP contribution in [0.4, 0.5) is 15.9 Å². The van der Waals surface area contributed by atoms with Crippen molar-refractivity contribution in [2.45, 2.75) is 6.04 Å². The zero-order chi connectivity index (χ0) is 16.2. The van der Waals surface area contributed by atoms with E-state index in [0.717, 1.165) is 10.4 Å². The molecule has 23 heavy (non-hydrogen) atoms. The van der Waals surface area contributed by atoms with Crippen LogP contribution in [0.2, 0.25) is 0 Å². The van der Waals surface area contributed by atoms with Crippen molar-refractivity contribution in [2.24, 2.45) is 0 Å². The van der Waals surface area contributed by atoms with Crippen LogP contribution in [0.5, 0.6) is 0 Å². The van der Waals surface area contributed by atoms with E-state index in [1.54, 1.807) is 29.5 Å². The number of nitrogens with one attached hydrogen (secondary N) is 1. The van der Waals surface area contributed by atoms with Crippen molar-refractivity contribution >= 4 is 22.8 Å². The van der Waals surface area contributed by atoms with Crippen molar-refractivity contribution in [2.75, 3.05) is 5.32 Å². The van der Waals surface area contributed by atoms with Gasteiger partial charge in [-0.15, -0.1) is 11.3 Å². The zero-order valence-electron chi connectivity index (χ0n) is 11.8. The lowest BCUT2D eigenvalue weighted by atomic mass is 10.1. The molecular formula is C16H12FN3O2S. The van der Waals surface area contributed by atoms with E-state index in [-0.39, 0.29) is 17.5 Å². The number of halogens is 1. The summed E-state index contributed by atoms with van der Waals surface area (Å²) in [5.74, 6) is 0.213. The number of pyridine rings is 1. The Morgan fingerprint density at radius 1 is 1.17 bits per heavy atom. The number of hydrogen-bond acceptors (Lipinski definition) is 5. The van der Waals surface area contributed by atoms with Crippen LogP contribution < -0.4 is 5.32 Å². The van der Waals surface area contributed by atoms with Gasteiger partial charge in [-0.3, -0.25) is 10.1 Å². The third kappa shape index (κ3) is 3.51. The maximum absolute atomic E-state index is 13.1. The molecule has 0 saturated heterocycles. The highest BCUT2D eigenvalue weighted by Gasteiger charge is 2.16. The lowest BCUT2D eigenvalue weighted by molar-refractivity contribution is -0.385. The maximum Gasteiger partial charge on any atom is 0.287 e. The summed E-state index contributed by atoms with van der Waals surface area (Å²) in [6, 6.07) is 12.9.